The molecule has 0 aromatic carbocycles. The second kappa shape index (κ2) is 2.51. The van der Waals surface area contributed by atoms with Crippen molar-refractivity contribution >= 4 is 5.69 Å². The van der Waals surface area contributed by atoms with Crippen molar-refractivity contribution in [3.05, 3.63) is 23.5 Å². The molecule has 1 aromatic rings. The molecule has 0 saturated heterocycles. The quantitative estimate of drug-likeness (QED) is 0.618. The number of nitrogens with zero attached hydrogens (tertiary/aromatic N) is 1. The summed E-state index contributed by atoms with van der Waals surface area (Å²) >= 11 is 0. The van der Waals surface area contributed by atoms with Gasteiger partial charge >= 0.3 is 0 Å². The Labute approximate surface area is 65.8 Å². The van der Waals surface area contributed by atoms with Gasteiger partial charge < -0.3 is 10.6 Å². The SMILES string of the molecule is CNc1cnc2c(c1)CNC2. The topological polar surface area (TPSA) is 37.0 Å². The fraction of sp³-hybridized carbons (Fsp3) is 0.375. The molecule has 3 nitrogen and oxygen atoms in total. The molecule has 2 heterocycles. The van der Waals surface area contributed by atoms with Gasteiger partial charge in [-0.3, -0.25) is 4.98 Å². The Morgan fingerprint density at radius 1 is 1.55 bits per heavy atom. The Kier molecular flexibility index (Phi) is 1.51. The normalized spacial score (nSPS) is 14.6. The fourth-order valence-corrected chi connectivity index (χ4v) is 1.30. The first-order valence-corrected chi connectivity index (χ1v) is 3.76. The third-order valence-electron chi connectivity index (χ3n) is 1.96. The number of nitrogens with one attached hydrogen (secondary N) is 2. The van der Waals surface area contributed by atoms with E-state index in [1.807, 2.05) is 13.2 Å². The maximum absolute atomic E-state index is 4.31. The first kappa shape index (κ1) is 6.61. The van der Waals surface area contributed by atoms with Crippen molar-refractivity contribution in [2.24, 2.45) is 0 Å². The lowest BCUT2D eigenvalue weighted by molar-refractivity contribution is 0.757. The van der Waals surface area contributed by atoms with E-state index in [1.165, 1.54) is 11.3 Å². The number of hydrogen-bond acceptors (Lipinski definition) is 3. The van der Waals surface area contributed by atoms with Gasteiger partial charge in [-0.2, -0.15) is 0 Å². The van der Waals surface area contributed by atoms with Crippen LogP contribution < -0.4 is 10.6 Å². The van der Waals surface area contributed by atoms with Crippen LogP contribution in [0.2, 0.25) is 0 Å². The average molecular weight is 149 g/mol. The molecule has 11 heavy (non-hydrogen) atoms. The first-order valence-electron chi connectivity index (χ1n) is 3.76. The number of anilines is 1. The monoisotopic (exact) mass is 149 g/mol. The fourth-order valence-electron chi connectivity index (χ4n) is 1.30. The lowest BCUT2D eigenvalue weighted by atomic mass is 10.2. The van der Waals surface area contributed by atoms with Gasteiger partial charge in [-0.15, -0.1) is 0 Å². The molecule has 0 unspecified atom stereocenters. The second-order valence-electron chi connectivity index (χ2n) is 2.68. The zero-order valence-corrected chi connectivity index (χ0v) is 6.52. The standard InChI is InChI=1S/C8H11N3/c1-9-7-2-6-3-10-5-8(6)11-4-7/h2,4,9-10H,3,5H2,1H3. The highest BCUT2D eigenvalue weighted by Crippen LogP contribution is 2.16. The summed E-state index contributed by atoms with van der Waals surface area (Å²) in [5, 5.41) is 6.32. The van der Waals surface area contributed by atoms with E-state index < -0.39 is 0 Å². The first-order chi connectivity index (χ1) is 5.40. The van der Waals surface area contributed by atoms with Gasteiger partial charge in [0, 0.05) is 20.1 Å². The molecule has 0 aliphatic carbocycles. The Hall–Kier alpha value is -1.09. The molecular formula is C8H11N3. The van der Waals surface area contributed by atoms with Gasteiger partial charge in [0.2, 0.25) is 0 Å². The minimum Gasteiger partial charge on any atom is -0.387 e. The average Bonchev–Trinajstić information content (AvgIpc) is 2.50. The van der Waals surface area contributed by atoms with Gasteiger partial charge in [0.25, 0.3) is 0 Å². The molecule has 0 fully saturated rings. The summed E-state index contributed by atoms with van der Waals surface area (Å²) in [7, 11) is 1.91. The number of rotatable bonds is 1. The molecular weight excluding hydrogens is 138 g/mol. The summed E-state index contributed by atoms with van der Waals surface area (Å²) in [5.74, 6) is 0. The largest absolute Gasteiger partial charge is 0.387 e. The van der Waals surface area contributed by atoms with Crippen LogP contribution in [0.5, 0.6) is 0 Å². The van der Waals surface area contributed by atoms with Crippen LogP contribution in [0, 0.1) is 0 Å². The third-order valence-corrected chi connectivity index (χ3v) is 1.96. The minimum absolute atomic E-state index is 0.916. The van der Waals surface area contributed by atoms with Crippen LogP contribution >= 0.6 is 0 Å². The van der Waals surface area contributed by atoms with Crippen LogP contribution in [0.15, 0.2) is 12.3 Å². The van der Waals surface area contributed by atoms with E-state index in [0.29, 0.717) is 0 Å². The number of pyridine rings is 1. The molecule has 0 radical (unpaired) electrons. The summed E-state index contributed by atoms with van der Waals surface area (Å²) in [5.41, 5.74) is 3.59. The third kappa shape index (κ3) is 1.07. The molecule has 1 aromatic heterocycles. The highest BCUT2D eigenvalue weighted by atomic mass is 14.9. The molecule has 58 valence electrons. The van der Waals surface area contributed by atoms with Crippen LogP contribution in [-0.4, -0.2) is 12.0 Å². The summed E-state index contributed by atoms with van der Waals surface area (Å²) in [6, 6.07) is 2.14. The van der Waals surface area contributed by atoms with Crippen molar-refractivity contribution in [2.75, 3.05) is 12.4 Å². The number of hydrogen-bond donors (Lipinski definition) is 2. The van der Waals surface area contributed by atoms with Gasteiger partial charge in [-0.25, -0.2) is 0 Å². The van der Waals surface area contributed by atoms with E-state index in [4.69, 9.17) is 0 Å². The van der Waals surface area contributed by atoms with Crippen LogP contribution in [0.1, 0.15) is 11.3 Å². The molecule has 1 aliphatic rings. The molecule has 0 atom stereocenters. The minimum atomic E-state index is 0.916. The predicted molar refractivity (Wildman–Crippen MR) is 44.3 cm³/mol. The Bertz CT molecular complexity index is 270. The number of fused-ring (bicyclic) bond motifs is 1. The molecule has 0 saturated carbocycles. The summed E-state index contributed by atoms with van der Waals surface area (Å²) in [6.45, 7) is 1.87. The number of aromatic nitrogens is 1. The van der Waals surface area contributed by atoms with E-state index in [2.05, 4.69) is 21.7 Å². The van der Waals surface area contributed by atoms with E-state index in [0.717, 1.165) is 18.8 Å². The maximum Gasteiger partial charge on any atom is 0.0588 e. The zero-order valence-electron chi connectivity index (χ0n) is 6.52. The van der Waals surface area contributed by atoms with Gasteiger partial charge in [0.15, 0.2) is 0 Å². The van der Waals surface area contributed by atoms with Crippen LogP contribution in [0.25, 0.3) is 0 Å². The Morgan fingerprint density at radius 3 is 3.27 bits per heavy atom. The maximum atomic E-state index is 4.31. The highest BCUT2D eigenvalue weighted by molar-refractivity contribution is 5.45. The van der Waals surface area contributed by atoms with Gasteiger partial charge in [-0.05, 0) is 11.6 Å². The molecule has 0 amide bonds. The lowest BCUT2D eigenvalue weighted by Crippen LogP contribution is -2.00. The lowest BCUT2D eigenvalue weighted by Gasteiger charge is -2.00. The van der Waals surface area contributed by atoms with Crippen LogP contribution in [0.3, 0.4) is 0 Å². The van der Waals surface area contributed by atoms with Crippen molar-refractivity contribution in [3.8, 4) is 0 Å². The predicted octanol–water partition coefficient (Wildman–Crippen LogP) is 0.726. The summed E-state index contributed by atoms with van der Waals surface area (Å²) < 4.78 is 0. The molecule has 2 N–H and O–H groups in total. The van der Waals surface area contributed by atoms with Crippen LogP contribution in [-0.2, 0) is 13.1 Å². The van der Waals surface area contributed by atoms with Crippen molar-refractivity contribution < 1.29 is 0 Å². The van der Waals surface area contributed by atoms with E-state index >= 15 is 0 Å². The summed E-state index contributed by atoms with van der Waals surface area (Å²) in [4.78, 5) is 4.31. The Morgan fingerprint density at radius 2 is 2.45 bits per heavy atom. The molecule has 2 rings (SSSR count). The van der Waals surface area contributed by atoms with E-state index in [9.17, 15) is 0 Å². The van der Waals surface area contributed by atoms with Crippen molar-refractivity contribution in [1.29, 1.82) is 0 Å². The van der Waals surface area contributed by atoms with Gasteiger partial charge in [0.05, 0.1) is 17.6 Å². The highest BCUT2D eigenvalue weighted by Gasteiger charge is 2.10. The van der Waals surface area contributed by atoms with E-state index in [1.54, 1.807) is 0 Å². The van der Waals surface area contributed by atoms with Crippen molar-refractivity contribution in [3.63, 3.8) is 0 Å². The molecule has 3 heteroatoms. The van der Waals surface area contributed by atoms with Crippen molar-refractivity contribution in [1.82, 2.24) is 10.3 Å². The van der Waals surface area contributed by atoms with Gasteiger partial charge in [-0.1, -0.05) is 0 Å². The zero-order chi connectivity index (χ0) is 7.68. The second-order valence-corrected chi connectivity index (χ2v) is 2.68. The van der Waals surface area contributed by atoms with Gasteiger partial charge in [0.1, 0.15) is 0 Å². The van der Waals surface area contributed by atoms with E-state index in [-0.39, 0.29) is 0 Å². The molecule has 0 bridgehead atoms. The molecule has 0 spiro atoms. The van der Waals surface area contributed by atoms with Crippen LogP contribution in [0.4, 0.5) is 5.69 Å². The summed E-state index contributed by atoms with van der Waals surface area (Å²) in [6.07, 6.45) is 1.87. The molecule has 1 aliphatic heterocycles. The Balaban J connectivity index is 2.41. The smallest absolute Gasteiger partial charge is 0.0588 e. The van der Waals surface area contributed by atoms with Crippen molar-refractivity contribution in [2.45, 2.75) is 13.1 Å².